The first kappa shape index (κ1) is 12.6. The average molecular weight is 259 g/mol. The number of halogens is 4. The minimum absolute atomic E-state index is 0.113. The van der Waals surface area contributed by atoms with E-state index >= 15 is 0 Å². The molecule has 1 aromatic carbocycles. The van der Waals surface area contributed by atoms with Crippen LogP contribution in [0.3, 0.4) is 0 Å². The van der Waals surface area contributed by atoms with Crippen molar-refractivity contribution in [3.05, 3.63) is 45.0 Å². The standard InChI is InChI=1S/C12H9F4NO/c1-5-3-4-7(13)8-9(5)17-11(12(14,15)16)6(2)10(8)18/h3-4H,1-2H3,(H,17,18). The number of aromatic amines is 1. The maximum absolute atomic E-state index is 13.5. The summed E-state index contributed by atoms with van der Waals surface area (Å²) in [5, 5.41) is -0.333. The van der Waals surface area contributed by atoms with Crippen LogP contribution < -0.4 is 5.43 Å². The first-order valence-electron chi connectivity index (χ1n) is 5.12. The summed E-state index contributed by atoms with van der Waals surface area (Å²) < 4.78 is 51.7. The minimum Gasteiger partial charge on any atom is -0.350 e. The SMILES string of the molecule is Cc1c(C(F)(F)F)[nH]c2c(C)ccc(F)c2c1=O. The summed E-state index contributed by atoms with van der Waals surface area (Å²) in [5.74, 6) is -0.825. The maximum Gasteiger partial charge on any atom is 0.431 e. The summed E-state index contributed by atoms with van der Waals surface area (Å²) in [6.07, 6.45) is -4.67. The van der Waals surface area contributed by atoms with Crippen LogP contribution in [0, 0.1) is 19.7 Å². The molecule has 1 aromatic heterocycles. The second-order valence-corrected chi connectivity index (χ2v) is 4.07. The fourth-order valence-corrected chi connectivity index (χ4v) is 1.87. The molecule has 2 rings (SSSR count). The Balaban J connectivity index is 3.02. The molecule has 0 fully saturated rings. The largest absolute Gasteiger partial charge is 0.431 e. The van der Waals surface area contributed by atoms with E-state index < -0.39 is 28.7 Å². The van der Waals surface area contributed by atoms with E-state index in [1.54, 1.807) is 0 Å². The van der Waals surface area contributed by atoms with Crippen molar-refractivity contribution in [2.24, 2.45) is 0 Å². The van der Waals surface area contributed by atoms with E-state index in [1.807, 2.05) is 0 Å². The third-order valence-electron chi connectivity index (χ3n) is 2.84. The molecule has 0 aliphatic rings. The number of fused-ring (bicyclic) bond motifs is 1. The average Bonchev–Trinajstić information content (AvgIpc) is 2.26. The van der Waals surface area contributed by atoms with Crippen LogP contribution in [-0.4, -0.2) is 4.98 Å². The van der Waals surface area contributed by atoms with Crippen LogP contribution in [-0.2, 0) is 6.18 Å². The highest BCUT2D eigenvalue weighted by atomic mass is 19.4. The van der Waals surface area contributed by atoms with Crippen molar-refractivity contribution < 1.29 is 17.6 Å². The number of pyridine rings is 1. The zero-order valence-electron chi connectivity index (χ0n) is 9.57. The predicted molar refractivity (Wildman–Crippen MR) is 59.0 cm³/mol. The van der Waals surface area contributed by atoms with Gasteiger partial charge in [-0.2, -0.15) is 13.2 Å². The van der Waals surface area contributed by atoms with Crippen LogP contribution in [0.2, 0.25) is 0 Å². The van der Waals surface area contributed by atoms with Crippen molar-refractivity contribution in [1.29, 1.82) is 0 Å². The van der Waals surface area contributed by atoms with Gasteiger partial charge in [0.1, 0.15) is 11.5 Å². The van der Waals surface area contributed by atoms with Gasteiger partial charge >= 0.3 is 6.18 Å². The van der Waals surface area contributed by atoms with Crippen molar-refractivity contribution in [2.75, 3.05) is 0 Å². The van der Waals surface area contributed by atoms with Crippen molar-refractivity contribution >= 4 is 10.9 Å². The number of nitrogens with one attached hydrogen (secondary N) is 1. The Morgan fingerprint density at radius 2 is 1.78 bits per heavy atom. The lowest BCUT2D eigenvalue weighted by Crippen LogP contribution is -2.19. The summed E-state index contributed by atoms with van der Waals surface area (Å²) in [6.45, 7) is 2.54. The number of hydrogen-bond donors (Lipinski definition) is 1. The minimum atomic E-state index is -4.67. The van der Waals surface area contributed by atoms with Crippen molar-refractivity contribution in [1.82, 2.24) is 4.98 Å². The summed E-state index contributed by atoms with van der Waals surface area (Å²) in [6, 6.07) is 2.39. The summed E-state index contributed by atoms with van der Waals surface area (Å²) in [4.78, 5) is 13.9. The molecular formula is C12H9F4NO. The number of hydrogen-bond acceptors (Lipinski definition) is 1. The molecule has 6 heteroatoms. The molecule has 0 atom stereocenters. The Hall–Kier alpha value is -1.85. The second-order valence-electron chi connectivity index (χ2n) is 4.07. The topological polar surface area (TPSA) is 32.9 Å². The molecule has 0 saturated carbocycles. The van der Waals surface area contributed by atoms with Gasteiger partial charge in [-0.05, 0) is 25.5 Å². The van der Waals surface area contributed by atoms with Gasteiger partial charge in [0.2, 0.25) is 0 Å². The fourth-order valence-electron chi connectivity index (χ4n) is 1.87. The molecule has 0 spiro atoms. The quantitative estimate of drug-likeness (QED) is 0.723. The van der Waals surface area contributed by atoms with Crippen LogP contribution >= 0.6 is 0 Å². The number of alkyl halides is 3. The van der Waals surface area contributed by atoms with Crippen LogP contribution in [0.25, 0.3) is 10.9 Å². The number of aryl methyl sites for hydroxylation is 1. The highest BCUT2D eigenvalue weighted by Gasteiger charge is 2.35. The van der Waals surface area contributed by atoms with Gasteiger partial charge < -0.3 is 4.98 Å². The Morgan fingerprint density at radius 3 is 2.33 bits per heavy atom. The number of aromatic nitrogens is 1. The molecule has 2 nitrogen and oxygen atoms in total. The smallest absolute Gasteiger partial charge is 0.350 e. The predicted octanol–water partition coefficient (Wildman–Crippen LogP) is 3.30. The molecule has 0 saturated heterocycles. The summed E-state index contributed by atoms with van der Waals surface area (Å²) in [7, 11) is 0. The zero-order valence-corrected chi connectivity index (χ0v) is 9.57. The van der Waals surface area contributed by atoms with Crippen molar-refractivity contribution in [3.63, 3.8) is 0 Å². The molecule has 0 aliphatic heterocycles. The molecule has 1 heterocycles. The second kappa shape index (κ2) is 3.83. The number of rotatable bonds is 0. The first-order chi connectivity index (χ1) is 8.23. The number of H-pyrrole nitrogens is 1. The Kier molecular flexibility index (Phi) is 2.68. The molecule has 0 radical (unpaired) electrons. The Bertz CT molecular complexity index is 685. The first-order valence-corrected chi connectivity index (χ1v) is 5.12. The Labute approximate surface area is 99.3 Å². The van der Waals surface area contributed by atoms with Gasteiger partial charge in [0.05, 0.1) is 10.9 Å². The lowest BCUT2D eigenvalue weighted by Gasteiger charge is -2.12. The molecule has 96 valence electrons. The summed E-state index contributed by atoms with van der Waals surface area (Å²) >= 11 is 0. The normalized spacial score (nSPS) is 12.1. The van der Waals surface area contributed by atoms with Gasteiger partial charge in [-0.15, -0.1) is 0 Å². The molecular weight excluding hydrogens is 250 g/mol. The summed E-state index contributed by atoms with van der Waals surface area (Å²) in [5.41, 5.74) is -2.32. The van der Waals surface area contributed by atoms with Gasteiger partial charge in [-0.25, -0.2) is 4.39 Å². The third kappa shape index (κ3) is 1.77. The van der Waals surface area contributed by atoms with Gasteiger partial charge in [0.25, 0.3) is 0 Å². The molecule has 0 unspecified atom stereocenters. The maximum atomic E-state index is 13.5. The van der Waals surface area contributed by atoms with E-state index in [-0.39, 0.29) is 10.9 Å². The van der Waals surface area contributed by atoms with E-state index in [2.05, 4.69) is 4.98 Å². The molecule has 0 aliphatic carbocycles. The van der Waals surface area contributed by atoms with Crippen LogP contribution in [0.4, 0.5) is 17.6 Å². The molecule has 0 amide bonds. The van der Waals surface area contributed by atoms with Crippen LogP contribution in [0.15, 0.2) is 16.9 Å². The highest BCUT2D eigenvalue weighted by Crippen LogP contribution is 2.31. The highest BCUT2D eigenvalue weighted by molar-refractivity contribution is 5.83. The van der Waals surface area contributed by atoms with E-state index in [9.17, 15) is 22.4 Å². The lowest BCUT2D eigenvalue weighted by atomic mass is 10.1. The third-order valence-corrected chi connectivity index (χ3v) is 2.84. The lowest BCUT2D eigenvalue weighted by molar-refractivity contribution is -0.141. The van der Waals surface area contributed by atoms with E-state index in [1.165, 1.54) is 13.0 Å². The zero-order chi connectivity index (χ0) is 13.7. The van der Waals surface area contributed by atoms with Gasteiger partial charge in [0.15, 0.2) is 5.43 Å². The number of benzene rings is 1. The molecule has 1 N–H and O–H groups in total. The van der Waals surface area contributed by atoms with Gasteiger partial charge in [-0.1, -0.05) is 6.07 Å². The molecule has 0 bridgehead atoms. The fraction of sp³-hybridized carbons (Fsp3) is 0.250. The van der Waals surface area contributed by atoms with Crippen molar-refractivity contribution in [2.45, 2.75) is 20.0 Å². The van der Waals surface area contributed by atoms with E-state index in [0.717, 1.165) is 13.0 Å². The van der Waals surface area contributed by atoms with Crippen LogP contribution in [0.1, 0.15) is 16.8 Å². The van der Waals surface area contributed by atoms with Crippen molar-refractivity contribution in [3.8, 4) is 0 Å². The van der Waals surface area contributed by atoms with Gasteiger partial charge in [-0.3, -0.25) is 4.79 Å². The Morgan fingerprint density at radius 1 is 1.17 bits per heavy atom. The molecule has 18 heavy (non-hydrogen) atoms. The monoisotopic (exact) mass is 259 g/mol. The van der Waals surface area contributed by atoms with E-state index in [4.69, 9.17) is 0 Å². The molecule has 2 aromatic rings. The van der Waals surface area contributed by atoms with Crippen LogP contribution in [0.5, 0.6) is 0 Å². The van der Waals surface area contributed by atoms with E-state index in [0.29, 0.717) is 5.56 Å². The van der Waals surface area contributed by atoms with Gasteiger partial charge in [0, 0.05) is 5.56 Å².